The molecule has 1 aliphatic heterocycles. The molecule has 0 radical (unpaired) electrons. The fourth-order valence-electron chi connectivity index (χ4n) is 3.25. The van der Waals surface area contributed by atoms with Gasteiger partial charge in [0.1, 0.15) is 12.2 Å². The Labute approximate surface area is 189 Å². The highest BCUT2D eigenvalue weighted by Crippen LogP contribution is 2.25. The van der Waals surface area contributed by atoms with Crippen molar-refractivity contribution in [3.8, 4) is 10.6 Å². The maximum atomic E-state index is 12.7. The molecule has 1 amide bonds. The largest absolute Gasteiger partial charge is 0.379 e. The van der Waals surface area contributed by atoms with Crippen molar-refractivity contribution in [2.24, 2.45) is 0 Å². The zero-order valence-electron chi connectivity index (χ0n) is 17.4. The Bertz CT molecular complexity index is 1280. The summed E-state index contributed by atoms with van der Waals surface area (Å²) in [5.41, 5.74) is 0.659. The van der Waals surface area contributed by atoms with Crippen LogP contribution in [0.2, 0.25) is 0 Å². The number of benzene rings is 1. The van der Waals surface area contributed by atoms with Crippen LogP contribution in [0.3, 0.4) is 0 Å². The number of aryl methyl sites for hydroxylation is 1. The molecule has 1 aliphatic rings. The van der Waals surface area contributed by atoms with Gasteiger partial charge in [0.2, 0.25) is 15.9 Å². The number of carbonyl (C=O) groups is 1. The van der Waals surface area contributed by atoms with Gasteiger partial charge < -0.3 is 10.1 Å². The van der Waals surface area contributed by atoms with Gasteiger partial charge in [0.05, 0.1) is 23.0 Å². The van der Waals surface area contributed by atoms with Gasteiger partial charge in [-0.05, 0) is 49.4 Å². The molecule has 0 unspecified atom stereocenters. The quantitative estimate of drug-likeness (QED) is 0.585. The van der Waals surface area contributed by atoms with Crippen LogP contribution in [-0.4, -0.2) is 54.7 Å². The molecule has 11 heteroatoms. The maximum absolute atomic E-state index is 12.7. The summed E-state index contributed by atoms with van der Waals surface area (Å²) in [5, 5.41) is 6.97. The number of ether oxygens (including phenoxy) is 1. The van der Waals surface area contributed by atoms with Gasteiger partial charge in [0.25, 0.3) is 5.56 Å². The van der Waals surface area contributed by atoms with E-state index in [1.807, 2.05) is 19.1 Å². The minimum absolute atomic E-state index is 0.147. The first kappa shape index (κ1) is 22.3. The van der Waals surface area contributed by atoms with E-state index in [0.717, 1.165) is 14.4 Å². The van der Waals surface area contributed by atoms with Crippen molar-refractivity contribution in [3.63, 3.8) is 0 Å². The lowest BCUT2D eigenvalue weighted by molar-refractivity contribution is -0.117. The van der Waals surface area contributed by atoms with E-state index in [4.69, 9.17) is 4.74 Å². The maximum Gasteiger partial charge on any atom is 0.267 e. The van der Waals surface area contributed by atoms with Gasteiger partial charge >= 0.3 is 0 Å². The average Bonchev–Trinajstić information content (AvgIpc) is 3.22. The van der Waals surface area contributed by atoms with Gasteiger partial charge in [-0.15, -0.1) is 11.3 Å². The van der Waals surface area contributed by atoms with Crippen LogP contribution in [0, 0.1) is 6.92 Å². The number of carbonyl (C=O) groups excluding carboxylic acids is 1. The topological polar surface area (TPSA) is 111 Å². The van der Waals surface area contributed by atoms with Gasteiger partial charge in [-0.1, -0.05) is 0 Å². The van der Waals surface area contributed by atoms with Gasteiger partial charge in [-0.25, -0.2) is 13.1 Å². The molecule has 1 aromatic carbocycles. The lowest BCUT2D eigenvalue weighted by Crippen LogP contribution is -2.40. The van der Waals surface area contributed by atoms with Crippen molar-refractivity contribution in [1.29, 1.82) is 0 Å². The standard InChI is InChI=1S/C21H22N4O5S2/c1-15-2-8-19(31-15)18-7-9-21(27)25(23-18)14-20(26)22-16-3-5-17(6-4-16)32(28,29)24-10-12-30-13-11-24/h2-9H,10-14H2,1H3,(H,22,26). The van der Waals surface area contributed by atoms with Crippen molar-refractivity contribution < 1.29 is 17.9 Å². The van der Waals surface area contributed by atoms with Gasteiger partial charge in [0, 0.05) is 29.7 Å². The van der Waals surface area contributed by atoms with E-state index in [1.165, 1.54) is 34.6 Å². The summed E-state index contributed by atoms with van der Waals surface area (Å²) in [6.07, 6.45) is 0. The minimum atomic E-state index is -3.60. The smallest absolute Gasteiger partial charge is 0.267 e. The molecule has 0 atom stereocenters. The number of anilines is 1. The fraction of sp³-hybridized carbons (Fsp3) is 0.286. The number of hydrogen-bond donors (Lipinski definition) is 1. The number of amides is 1. The molecule has 0 saturated carbocycles. The molecule has 3 heterocycles. The second-order valence-corrected chi connectivity index (χ2v) is 10.4. The van der Waals surface area contributed by atoms with E-state index in [2.05, 4.69) is 10.4 Å². The molecule has 1 N–H and O–H groups in total. The second kappa shape index (κ2) is 9.33. The first-order chi connectivity index (χ1) is 15.3. The van der Waals surface area contributed by atoms with E-state index >= 15 is 0 Å². The Morgan fingerprint density at radius 3 is 2.47 bits per heavy atom. The number of nitrogens with zero attached hydrogens (tertiary/aromatic N) is 3. The predicted octanol–water partition coefficient (Wildman–Crippen LogP) is 1.94. The predicted molar refractivity (Wildman–Crippen MR) is 121 cm³/mol. The van der Waals surface area contributed by atoms with Crippen LogP contribution in [0.1, 0.15) is 4.88 Å². The van der Waals surface area contributed by atoms with Crippen molar-refractivity contribution in [2.45, 2.75) is 18.4 Å². The highest BCUT2D eigenvalue weighted by atomic mass is 32.2. The molecule has 1 fully saturated rings. The Balaban J connectivity index is 1.44. The monoisotopic (exact) mass is 474 g/mol. The Kier molecular flexibility index (Phi) is 6.51. The summed E-state index contributed by atoms with van der Waals surface area (Å²) in [5.74, 6) is -0.442. The van der Waals surface area contributed by atoms with E-state index in [9.17, 15) is 18.0 Å². The lowest BCUT2D eigenvalue weighted by atomic mass is 10.3. The molecular formula is C21H22N4O5S2. The summed E-state index contributed by atoms with van der Waals surface area (Å²) >= 11 is 1.55. The number of nitrogens with one attached hydrogen (secondary N) is 1. The summed E-state index contributed by atoms with van der Waals surface area (Å²) in [6, 6.07) is 12.8. The number of rotatable bonds is 6. The normalized spacial score (nSPS) is 14.9. The number of morpholine rings is 1. The molecular weight excluding hydrogens is 452 g/mol. The van der Waals surface area contributed by atoms with Crippen molar-refractivity contribution >= 4 is 33.0 Å². The first-order valence-corrected chi connectivity index (χ1v) is 12.2. The molecule has 0 aliphatic carbocycles. The van der Waals surface area contributed by atoms with Crippen molar-refractivity contribution in [1.82, 2.24) is 14.1 Å². The first-order valence-electron chi connectivity index (χ1n) is 9.96. The third-order valence-electron chi connectivity index (χ3n) is 4.90. The van der Waals surface area contributed by atoms with Crippen LogP contribution in [0.25, 0.3) is 10.6 Å². The van der Waals surface area contributed by atoms with E-state index in [1.54, 1.807) is 17.4 Å². The average molecular weight is 475 g/mol. The molecule has 3 aromatic rings. The van der Waals surface area contributed by atoms with Crippen LogP contribution in [-0.2, 0) is 26.1 Å². The molecule has 2 aromatic heterocycles. The Hall–Kier alpha value is -2.86. The lowest BCUT2D eigenvalue weighted by Gasteiger charge is -2.26. The van der Waals surface area contributed by atoms with Gasteiger partial charge in [-0.2, -0.15) is 9.40 Å². The van der Waals surface area contributed by atoms with Crippen molar-refractivity contribution in [3.05, 3.63) is 63.8 Å². The molecule has 4 rings (SSSR count). The van der Waals surface area contributed by atoms with Crippen LogP contribution < -0.4 is 10.9 Å². The second-order valence-electron chi connectivity index (χ2n) is 7.21. The summed E-state index contributed by atoms with van der Waals surface area (Å²) in [4.78, 5) is 26.8. The Morgan fingerprint density at radius 1 is 1.09 bits per heavy atom. The van der Waals surface area contributed by atoms with Gasteiger partial charge in [-0.3, -0.25) is 9.59 Å². The number of thiophene rings is 1. The summed E-state index contributed by atoms with van der Waals surface area (Å²) in [6.45, 7) is 3.08. The third-order valence-corrected chi connectivity index (χ3v) is 7.83. The van der Waals surface area contributed by atoms with Crippen LogP contribution in [0.5, 0.6) is 0 Å². The fourth-order valence-corrected chi connectivity index (χ4v) is 5.49. The molecule has 168 valence electrons. The molecule has 0 spiro atoms. The van der Waals surface area contributed by atoms with E-state index < -0.39 is 15.9 Å². The number of aromatic nitrogens is 2. The molecule has 32 heavy (non-hydrogen) atoms. The highest BCUT2D eigenvalue weighted by Gasteiger charge is 2.26. The zero-order chi connectivity index (χ0) is 22.7. The third kappa shape index (κ3) is 4.96. The van der Waals surface area contributed by atoms with E-state index in [-0.39, 0.29) is 17.0 Å². The van der Waals surface area contributed by atoms with Gasteiger partial charge in [0.15, 0.2) is 0 Å². The Morgan fingerprint density at radius 2 is 1.81 bits per heavy atom. The van der Waals surface area contributed by atoms with Crippen LogP contribution >= 0.6 is 11.3 Å². The highest BCUT2D eigenvalue weighted by molar-refractivity contribution is 7.89. The number of hydrogen-bond acceptors (Lipinski definition) is 7. The SMILES string of the molecule is Cc1ccc(-c2ccc(=O)n(CC(=O)Nc3ccc(S(=O)(=O)N4CCOCC4)cc3)n2)s1. The molecule has 0 bridgehead atoms. The van der Waals surface area contributed by atoms with Crippen LogP contribution in [0.4, 0.5) is 5.69 Å². The number of sulfonamides is 1. The summed E-state index contributed by atoms with van der Waals surface area (Å²) in [7, 11) is -3.60. The van der Waals surface area contributed by atoms with E-state index in [0.29, 0.717) is 37.7 Å². The minimum Gasteiger partial charge on any atom is -0.379 e. The van der Waals surface area contributed by atoms with Crippen LogP contribution in [0.15, 0.2) is 58.2 Å². The molecule has 1 saturated heterocycles. The van der Waals surface area contributed by atoms with Crippen molar-refractivity contribution in [2.75, 3.05) is 31.6 Å². The zero-order valence-corrected chi connectivity index (χ0v) is 19.0. The molecule has 9 nitrogen and oxygen atoms in total. The summed E-state index contributed by atoms with van der Waals surface area (Å²) < 4.78 is 33.1.